The molecule has 2 amide bonds. The lowest BCUT2D eigenvalue weighted by molar-refractivity contribution is -0.265. The van der Waals surface area contributed by atoms with Crippen LogP contribution in [0, 0.1) is 11.6 Å². The maximum Gasteiger partial charge on any atom is 0.424 e. The van der Waals surface area contributed by atoms with Crippen LogP contribution in [0.3, 0.4) is 0 Å². The summed E-state index contributed by atoms with van der Waals surface area (Å²) in [5, 5.41) is 18.4. The molecule has 45 heavy (non-hydrogen) atoms. The van der Waals surface area contributed by atoms with Gasteiger partial charge in [-0.1, -0.05) is 0 Å². The number of halogens is 5. The van der Waals surface area contributed by atoms with E-state index in [9.17, 15) is 36.6 Å². The fraction of sp³-hybridized carbons (Fsp3) is 0.333. The predicted octanol–water partition coefficient (Wildman–Crippen LogP) is 4.04. The van der Waals surface area contributed by atoms with E-state index >= 15 is 0 Å². The quantitative estimate of drug-likeness (QED) is 0.249. The second kappa shape index (κ2) is 10.4. The minimum atomic E-state index is -5.43. The van der Waals surface area contributed by atoms with Gasteiger partial charge in [0, 0.05) is 28.3 Å². The molecule has 3 heterocycles. The lowest BCUT2D eigenvalue weighted by Crippen LogP contribution is -2.51. The summed E-state index contributed by atoms with van der Waals surface area (Å²) in [6.07, 6.45) is -1.83. The van der Waals surface area contributed by atoms with Gasteiger partial charge < -0.3 is 25.6 Å². The Morgan fingerprint density at radius 1 is 1.18 bits per heavy atom. The number of amides is 2. The Morgan fingerprint density at radius 3 is 2.53 bits per heavy atom. The highest BCUT2D eigenvalue weighted by atomic mass is 19.4. The molecule has 2 atom stereocenters. The van der Waals surface area contributed by atoms with E-state index in [1.54, 1.807) is 10.9 Å². The Hall–Kier alpha value is -4.79. The lowest BCUT2D eigenvalue weighted by atomic mass is 9.81. The molecule has 1 saturated carbocycles. The Kier molecular flexibility index (Phi) is 6.99. The van der Waals surface area contributed by atoms with Crippen LogP contribution < -0.4 is 20.5 Å². The van der Waals surface area contributed by atoms with Crippen molar-refractivity contribution in [1.29, 1.82) is 0 Å². The summed E-state index contributed by atoms with van der Waals surface area (Å²) in [6.45, 7) is -0.472. The summed E-state index contributed by atoms with van der Waals surface area (Å²) in [4.78, 5) is 29.6. The molecule has 0 bridgehead atoms. The second-order valence-electron chi connectivity index (χ2n) is 11.3. The average molecular weight is 632 g/mol. The van der Waals surface area contributed by atoms with Crippen LogP contribution in [0.1, 0.15) is 47.4 Å². The fourth-order valence-electron chi connectivity index (χ4n) is 5.22. The first-order valence-corrected chi connectivity index (χ1v) is 13.7. The molecule has 10 nitrogen and oxygen atoms in total. The molecule has 1 aliphatic heterocycles. The number of methoxy groups -OCH3 is 1. The summed E-state index contributed by atoms with van der Waals surface area (Å²) in [5.41, 5.74) is -1.29. The lowest BCUT2D eigenvalue weighted by Gasteiger charge is -2.31. The molecular formula is C30H26F5N5O5. The number of alkyl halides is 3. The van der Waals surface area contributed by atoms with E-state index in [0.717, 1.165) is 31.0 Å². The first-order valence-electron chi connectivity index (χ1n) is 13.7. The zero-order valence-electron chi connectivity index (χ0n) is 23.8. The molecule has 1 aliphatic carbocycles. The van der Waals surface area contributed by atoms with Crippen LogP contribution >= 0.6 is 0 Å². The normalized spacial score (nSPS) is 19.1. The molecular weight excluding hydrogens is 605 g/mol. The molecule has 0 saturated heterocycles. The number of nitrogens with two attached hydrogens (primary N) is 1. The van der Waals surface area contributed by atoms with Crippen LogP contribution in [-0.2, 0) is 15.8 Å². The van der Waals surface area contributed by atoms with E-state index in [1.807, 2.05) is 0 Å². The van der Waals surface area contributed by atoms with Crippen molar-refractivity contribution in [3.05, 3.63) is 71.1 Å². The first kappa shape index (κ1) is 30.2. The van der Waals surface area contributed by atoms with Crippen molar-refractivity contribution in [2.75, 3.05) is 20.3 Å². The number of benzene rings is 2. The maximum atomic E-state index is 14.7. The average Bonchev–Trinajstić information content (AvgIpc) is 3.66. The second-order valence-corrected chi connectivity index (χ2v) is 11.3. The summed E-state index contributed by atoms with van der Waals surface area (Å²) in [6, 6.07) is 6.28. The number of rotatable bonds is 8. The number of primary amides is 1. The van der Waals surface area contributed by atoms with Gasteiger partial charge in [-0.25, -0.2) is 13.8 Å². The van der Waals surface area contributed by atoms with E-state index < -0.39 is 58.6 Å². The summed E-state index contributed by atoms with van der Waals surface area (Å²) in [7, 11) is 1.36. The van der Waals surface area contributed by atoms with E-state index in [0.29, 0.717) is 17.0 Å². The number of hydrogen-bond acceptors (Lipinski definition) is 7. The zero-order valence-corrected chi connectivity index (χ0v) is 23.8. The van der Waals surface area contributed by atoms with Crippen molar-refractivity contribution in [2.24, 2.45) is 5.73 Å². The van der Waals surface area contributed by atoms with Crippen molar-refractivity contribution in [1.82, 2.24) is 20.1 Å². The van der Waals surface area contributed by atoms with Crippen molar-refractivity contribution in [3.63, 3.8) is 0 Å². The molecule has 2 aromatic heterocycles. The Balaban J connectivity index is 1.41. The third kappa shape index (κ3) is 5.00. The molecule has 6 rings (SSSR count). The molecule has 4 aromatic rings. The number of nitrogens with zero attached hydrogens (tertiary/aromatic N) is 3. The Bertz CT molecular complexity index is 1870. The molecule has 2 aliphatic rings. The van der Waals surface area contributed by atoms with Crippen LogP contribution in [0.4, 0.5) is 22.0 Å². The molecule has 0 radical (unpaired) electrons. The van der Waals surface area contributed by atoms with E-state index in [4.69, 9.17) is 15.2 Å². The number of hydrogen-bond donors (Lipinski definition) is 3. The number of carbonyl (C=O) groups is 2. The number of pyridine rings is 1. The molecule has 236 valence electrons. The Morgan fingerprint density at radius 2 is 1.91 bits per heavy atom. The molecule has 0 spiro atoms. The molecule has 4 N–H and O–H groups in total. The number of carbonyl (C=O) groups excluding carboxylic acids is 2. The van der Waals surface area contributed by atoms with E-state index in [-0.39, 0.29) is 40.8 Å². The highest BCUT2D eigenvalue weighted by Gasteiger charge is 2.57. The predicted molar refractivity (Wildman–Crippen MR) is 148 cm³/mol. The van der Waals surface area contributed by atoms with Crippen LogP contribution in [0.15, 0.2) is 42.6 Å². The van der Waals surface area contributed by atoms with Gasteiger partial charge in [-0.2, -0.15) is 18.3 Å². The van der Waals surface area contributed by atoms with E-state index in [1.165, 1.54) is 26.2 Å². The standard InChI is InChI=1S/C30H26F5N5O5/c1-28(27(36)42)13-45-25-18(28)10-22(38-24(25)14-3-6-19(31)20(32)8-14)29(43,30(33,34)35)12-37-26(41)15-7-16-11-40(17-4-5-17)39-23(16)21(9-15)44-2/h3,6-11,17,43H,4-5,12-13H2,1-2H3,(H2,36,42)(H,37,41)/t28-,29?/m0/s1. The van der Waals surface area contributed by atoms with Crippen molar-refractivity contribution in [2.45, 2.75) is 43.0 Å². The highest BCUT2D eigenvalue weighted by Crippen LogP contribution is 2.48. The largest absolute Gasteiger partial charge is 0.494 e. The summed E-state index contributed by atoms with van der Waals surface area (Å²) >= 11 is 0. The summed E-state index contributed by atoms with van der Waals surface area (Å²) < 4.78 is 84.7. The monoisotopic (exact) mass is 631 g/mol. The van der Waals surface area contributed by atoms with Gasteiger partial charge in [0.1, 0.15) is 34.7 Å². The molecule has 2 aromatic carbocycles. The first-order chi connectivity index (χ1) is 21.2. The minimum absolute atomic E-state index is 0.0571. The van der Waals surface area contributed by atoms with Crippen LogP contribution in [0.25, 0.3) is 22.2 Å². The number of ether oxygens (including phenoxy) is 2. The fourth-order valence-corrected chi connectivity index (χ4v) is 5.22. The maximum absolute atomic E-state index is 14.7. The number of fused-ring (bicyclic) bond motifs is 2. The van der Waals surface area contributed by atoms with E-state index in [2.05, 4.69) is 15.4 Å². The van der Waals surface area contributed by atoms with Gasteiger partial charge in [-0.3, -0.25) is 14.3 Å². The molecule has 1 unspecified atom stereocenters. The number of aliphatic hydroxyl groups is 1. The van der Waals surface area contributed by atoms with Gasteiger partial charge in [-0.05, 0) is 56.2 Å². The Labute approximate surface area is 251 Å². The SMILES string of the molecule is COc1cc(C(=O)NCC(O)(c2cc3c(c(-c4ccc(F)c(F)c4)n2)OC[C@]3(C)C(N)=O)C(F)(F)F)cc2cn(C3CC3)nc12. The minimum Gasteiger partial charge on any atom is -0.494 e. The third-order valence-corrected chi connectivity index (χ3v) is 8.20. The third-order valence-electron chi connectivity index (χ3n) is 8.20. The topological polar surface area (TPSA) is 142 Å². The van der Waals surface area contributed by atoms with Crippen LogP contribution in [0.5, 0.6) is 11.5 Å². The van der Waals surface area contributed by atoms with Crippen molar-refractivity contribution < 1.29 is 46.1 Å². The van der Waals surface area contributed by atoms with Gasteiger partial charge in [0.05, 0.1) is 25.4 Å². The van der Waals surface area contributed by atoms with Crippen molar-refractivity contribution in [3.8, 4) is 22.8 Å². The number of nitrogens with one attached hydrogen (secondary N) is 1. The van der Waals surface area contributed by atoms with Gasteiger partial charge in [0.15, 0.2) is 11.6 Å². The van der Waals surface area contributed by atoms with Gasteiger partial charge in [0.2, 0.25) is 11.5 Å². The van der Waals surface area contributed by atoms with Crippen LogP contribution in [0.2, 0.25) is 0 Å². The summed E-state index contributed by atoms with van der Waals surface area (Å²) in [5.74, 6) is -4.43. The van der Waals surface area contributed by atoms with Gasteiger partial charge >= 0.3 is 6.18 Å². The van der Waals surface area contributed by atoms with Gasteiger partial charge in [-0.15, -0.1) is 0 Å². The van der Waals surface area contributed by atoms with Crippen molar-refractivity contribution >= 4 is 22.7 Å². The van der Waals surface area contributed by atoms with Crippen LogP contribution in [-0.4, -0.2) is 58.1 Å². The van der Waals surface area contributed by atoms with Gasteiger partial charge in [0.25, 0.3) is 5.91 Å². The molecule has 1 fully saturated rings. The smallest absolute Gasteiger partial charge is 0.424 e. The molecule has 15 heteroatoms. The number of aromatic nitrogens is 3. The highest BCUT2D eigenvalue weighted by molar-refractivity contribution is 6.00. The zero-order chi connectivity index (χ0) is 32.5.